The number of nitrogens with two attached hydrogens (primary N) is 1. The highest BCUT2D eigenvalue weighted by molar-refractivity contribution is 5.32. The van der Waals surface area contributed by atoms with Crippen molar-refractivity contribution in [1.29, 1.82) is 0 Å². The van der Waals surface area contributed by atoms with Crippen molar-refractivity contribution in [2.24, 2.45) is 11.7 Å². The molecule has 2 atom stereocenters. The summed E-state index contributed by atoms with van der Waals surface area (Å²) in [5, 5.41) is 8.34. The first kappa shape index (κ1) is 12.2. The molecule has 17 heavy (non-hydrogen) atoms. The summed E-state index contributed by atoms with van der Waals surface area (Å²) < 4.78 is 0. The SMILES string of the molecule is Cc1nnc(N2CCC(C)CC2CN)nc1C. The zero-order valence-electron chi connectivity index (χ0n) is 10.8. The summed E-state index contributed by atoms with van der Waals surface area (Å²) >= 11 is 0. The highest BCUT2D eigenvalue weighted by Gasteiger charge is 2.27. The van der Waals surface area contributed by atoms with Crippen molar-refractivity contribution >= 4 is 5.95 Å². The topological polar surface area (TPSA) is 67.9 Å². The third-order valence-electron chi connectivity index (χ3n) is 3.59. The first-order valence-electron chi connectivity index (χ1n) is 6.26. The Balaban J connectivity index is 2.22. The fraction of sp³-hybridized carbons (Fsp3) is 0.750. The molecule has 5 nitrogen and oxygen atoms in total. The summed E-state index contributed by atoms with van der Waals surface area (Å²) in [6.07, 6.45) is 2.29. The maximum absolute atomic E-state index is 5.84. The predicted molar refractivity (Wildman–Crippen MR) is 67.9 cm³/mol. The second-order valence-electron chi connectivity index (χ2n) is 5.00. The van der Waals surface area contributed by atoms with Gasteiger partial charge in [0.05, 0.1) is 11.4 Å². The Hall–Kier alpha value is -1.23. The van der Waals surface area contributed by atoms with Gasteiger partial charge in [0.25, 0.3) is 0 Å². The fourth-order valence-electron chi connectivity index (χ4n) is 2.31. The average Bonchev–Trinajstić information content (AvgIpc) is 2.32. The molecule has 0 saturated carbocycles. The monoisotopic (exact) mass is 235 g/mol. The van der Waals surface area contributed by atoms with Crippen molar-refractivity contribution in [3.8, 4) is 0 Å². The maximum Gasteiger partial charge on any atom is 0.245 e. The quantitative estimate of drug-likeness (QED) is 0.830. The Morgan fingerprint density at radius 3 is 2.71 bits per heavy atom. The second-order valence-corrected chi connectivity index (χ2v) is 5.00. The largest absolute Gasteiger partial charge is 0.335 e. The molecule has 0 amide bonds. The van der Waals surface area contributed by atoms with Gasteiger partial charge in [-0.15, -0.1) is 5.10 Å². The summed E-state index contributed by atoms with van der Waals surface area (Å²) in [4.78, 5) is 6.72. The van der Waals surface area contributed by atoms with Gasteiger partial charge in [0.2, 0.25) is 5.95 Å². The lowest BCUT2D eigenvalue weighted by Gasteiger charge is -2.37. The first-order chi connectivity index (χ1) is 8.11. The van der Waals surface area contributed by atoms with Crippen LogP contribution in [0.15, 0.2) is 0 Å². The summed E-state index contributed by atoms with van der Waals surface area (Å²) in [5.41, 5.74) is 7.68. The van der Waals surface area contributed by atoms with Crippen LogP contribution in [0.1, 0.15) is 31.2 Å². The van der Waals surface area contributed by atoms with Gasteiger partial charge in [-0.25, -0.2) is 4.98 Å². The Morgan fingerprint density at radius 2 is 2.06 bits per heavy atom. The lowest BCUT2D eigenvalue weighted by molar-refractivity contribution is 0.362. The van der Waals surface area contributed by atoms with E-state index < -0.39 is 0 Å². The molecule has 2 unspecified atom stereocenters. The van der Waals surface area contributed by atoms with Gasteiger partial charge in [0, 0.05) is 19.1 Å². The van der Waals surface area contributed by atoms with E-state index in [2.05, 4.69) is 27.0 Å². The van der Waals surface area contributed by atoms with E-state index in [4.69, 9.17) is 5.73 Å². The summed E-state index contributed by atoms with van der Waals surface area (Å²) in [5.74, 6) is 1.47. The van der Waals surface area contributed by atoms with Gasteiger partial charge in [-0.3, -0.25) is 0 Å². The lowest BCUT2D eigenvalue weighted by atomic mass is 9.93. The first-order valence-corrected chi connectivity index (χ1v) is 6.26. The van der Waals surface area contributed by atoms with E-state index in [1.807, 2.05) is 13.8 Å². The highest BCUT2D eigenvalue weighted by atomic mass is 15.3. The number of aryl methyl sites for hydroxylation is 2. The van der Waals surface area contributed by atoms with Crippen LogP contribution in [0.3, 0.4) is 0 Å². The van der Waals surface area contributed by atoms with E-state index in [-0.39, 0.29) is 0 Å². The Morgan fingerprint density at radius 1 is 1.29 bits per heavy atom. The minimum Gasteiger partial charge on any atom is -0.335 e. The molecule has 5 heteroatoms. The molecule has 2 N–H and O–H groups in total. The lowest BCUT2D eigenvalue weighted by Crippen LogP contribution is -2.47. The van der Waals surface area contributed by atoms with E-state index >= 15 is 0 Å². The van der Waals surface area contributed by atoms with Crippen LogP contribution in [-0.4, -0.2) is 34.3 Å². The van der Waals surface area contributed by atoms with Gasteiger partial charge in [-0.05, 0) is 32.6 Å². The molecule has 2 heterocycles. The van der Waals surface area contributed by atoms with Crippen LogP contribution < -0.4 is 10.6 Å². The number of hydrogen-bond acceptors (Lipinski definition) is 5. The molecular weight excluding hydrogens is 214 g/mol. The summed E-state index contributed by atoms with van der Waals surface area (Å²) in [7, 11) is 0. The second kappa shape index (κ2) is 4.96. The minimum absolute atomic E-state index is 0.350. The Kier molecular flexibility index (Phi) is 3.57. The standard InChI is InChI=1S/C12H21N5/c1-8-4-5-17(11(6-8)7-13)12-14-9(2)10(3)15-16-12/h8,11H,4-7,13H2,1-3H3. The average molecular weight is 235 g/mol. The number of nitrogens with zero attached hydrogens (tertiary/aromatic N) is 4. The molecule has 1 aromatic heterocycles. The number of anilines is 1. The van der Waals surface area contributed by atoms with Gasteiger partial charge >= 0.3 is 0 Å². The van der Waals surface area contributed by atoms with E-state index in [0.29, 0.717) is 12.6 Å². The van der Waals surface area contributed by atoms with Crippen LogP contribution in [0, 0.1) is 19.8 Å². The van der Waals surface area contributed by atoms with Crippen LogP contribution >= 0.6 is 0 Å². The zero-order chi connectivity index (χ0) is 12.4. The van der Waals surface area contributed by atoms with Gasteiger partial charge in [0.15, 0.2) is 0 Å². The van der Waals surface area contributed by atoms with E-state index in [9.17, 15) is 0 Å². The van der Waals surface area contributed by atoms with E-state index in [0.717, 1.165) is 36.2 Å². The number of aromatic nitrogens is 3. The van der Waals surface area contributed by atoms with Gasteiger partial charge in [-0.1, -0.05) is 6.92 Å². The molecule has 1 aromatic rings. The Bertz CT molecular complexity index is 392. The van der Waals surface area contributed by atoms with Gasteiger partial charge in [-0.2, -0.15) is 5.10 Å². The molecule has 0 aliphatic carbocycles. The molecule has 94 valence electrons. The summed E-state index contributed by atoms with van der Waals surface area (Å²) in [6, 6.07) is 0.350. The number of rotatable bonds is 2. The van der Waals surface area contributed by atoms with Gasteiger partial charge < -0.3 is 10.6 Å². The van der Waals surface area contributed by atoms with E-state index in [1.165, 1.54) is 6.42 Å². The minimum atomic E-state index is 0.350. The molecule has 1 saturated heterocycles. The van der Waals surface area contributed by atoms with Crippen molar-refractivity contribution in [2.75, 3.05) is 18.0 Å². The number of hydrogen-bond donors (Lipinski definition) is 1. The molecular formula is C12H21N5. The van der Waals surface area contributed by atoms with Crippen molar-refractivity contribution in [2.45, 2.75) is 39.7 Å². The zero-order valence-corrected chi connectivity index (χ0v) is 10.8. The van der Waals surface area contributed by atoms with E-state index in [1.54, 1.807) is 0 Å². The van der Waals surface area contributed by atoms with Crippen LogP contribution in [-0.2, 0) is 0 Å². The molecule has 0 spiro atoms. The van der Waals surface area contributed by atoms with Crippen LogP contribution in [0.2, 0.25) is 0 Å². The summed E-state index contributed by atoms with van der Waals surface area (Å²) in [6.45, 7) is 7.81. The maximum atomic E-state index is 5.84. The third kappa shape index (κ3) is 2.54. The molecule has 1 fully saturated rings. The van der Waals surface area contributed by atoms with Crippen molar-refractivity contribution in [3.05, 3.63) is 11.4 Å². The van der Waals surface area contributed by atoms with Crippen molar-refractivity contribution < 1.29 is 0 Å². The molecule has 0 bridgehead atoms. The fourth-order valence-corrected chi connectivity index (χ4v) is 2.31. The molecule has 0 radical (unpaired) electrons. The normalized spacial score (nSPS) is 25.1. The molecule has 1 aliphatic heterocycles. The molecule has 0 aromatic carbocycles. The van der Waals surface area contributed by atoms with Crippen molar-refractivity contribution in [3.63, 3.8) is 0 Å². The molecule has 1 aliphatic rings. The predicted octanol–water partition coefficient (Wildman–Crippen LogP) is 1.05. The third-order valence-corrected chi connectivity index (χ3v) is 3.59. The molecule has 2 rings (SSSR count). The van der Waals surface area contributed by atoms with Crippen LogP contribution in [0.5, 0.6) is 0 Å². The van der Waals surface area contributed by atoms with Gasteiger partial charge in [0.1, 0.15) is 0 Å². The number of piperidine rings is 1. The Labute approximate surface area is 102 Å². The van der Waals surface area contributed by atoms with Crippen LogP contribution in [0.4, 0.5) is 5.95 Å². The highest BCUT2D eigenvalue weighted by Crippen LogP contribution is 2.25. The van der Waals surface area contributed by atoms with Crippen LogP contribution in [0.25, 0.3) is 0 Å². The van der Waals surface area contributed by atoms with Crippen molar-refractivity contribution in [1.82, 2.24) is 15.2 Å². The smallest absolute Gasteiger partial charge is 0.245 e.